The Balaban J connectivity index is 1.70. The van der Waals surface area contributed by atoms with E-state index in [1.54, 1.807) is 6.92 Å². The zero-order chi connectivity index (χ0) is 22.6. The molecule has 0 aliphatic rings. The SMILES string of the molecule is CCn1c(Cc2ccccc2)nnc1SC(C)C(=O)Nc1ccc(Cl)c(C(F)(F)F)c1. The molecular formula is C21H20ClF3N4OS. The predicted molar refractivity (Wildman–Crippen MR) is 115 cm³/mol. The normalized spacial score (nSPS) is 12.6. The minimum absolute atomic E-state index is 0.0240. The number of rotatable bonds is 7. The second-order valence-electron chi connectivity index (χ2n) is 6.75. The summed E-state index contributed by atoms with van der Waals surface area (Å²) in [4.78, 5) is 12.6. The number of aromatic nitrogens is 3. The van der Waals surface area contributed by atoms with Crippen molar-refractivity contribution in [1.29, 1.82) is 0 Å². The van der Waals surface area contributed by atoms with Crippen LogP contribution in [0.4, 0.5) is 18.9 Å². The number of benzene rings is 2. The number of halogens is 4. The highest BCUT2D eigenvalue weighted by atomic mass is 35.5. The van der Waals surface area contributed by atoms with E-state index < -0.39 is 27.9 Å². The maximum absolute atomic E-state index is 13.0. The van der Waals surface area contributed by atoms with Gasteiger partial charge in [0.05, 0.1) is 15.8 Å². The summed E-state index contributed by atoms with van der Waals surface area (Å²) in [5, 5.41) is 10.5. The maximum Gasteiger partial charge on any atom is 0.417 e. The number of hydrogen-bond acceptors (Lipinski definition) is 4. The van der Waals surface area contributed by atoms with Gasteiger partial charge in [0.2, 0.25) is 5.91 Å². The van der Waals surface area contributed by atoms with Crippen molar-refractivity contribution in [2.75, 3.05) is 5.32 Å². The summed E-state index contributed by atoms with van der Waals surface area (Å²) in [6.07, 6.45) is -4.00. The smallest absolute Gasteiger partial charge is 0.325 e. The van der Waals surface area contributed by atoms with Gasteiger partial charge in [0.1, 0.15) is 5.82 Å². The first-order valence-electron chi connectivity index (χ1n) is 9.49. The minimum Gasteiger partial charge on any atom is -0.325 e. The fraction of sp³-hybridized carbons (Fsp3) is 0.286. The molecule has 1 aromatic heterocycles. The molecule has 0 bridgehead atoms. The van der Waals surface area contributed by atoms with Crippen LogP contribution in [0.2, 0.25) is 5.02 Å². The molecule has 5 nitrogen and oxygen atoms in total. The Hall–Kier alpha value is -2.52. The summed E-state index contributed by atoms with van der Waals surface area (Å²) >= 11 is 6.82. The predicted octanol–water partition coefficient (Wildman–Crippen LogP) is 5.68. The molecule has 3 aromatic rings. The van der Waals surface area contributed by atoms with Gasteiger partial charge in [-0.3, -0.25) is 4.79 Å². The van der Waals surface area contributed by atoms with Gasteiger partial charge < -0.3 is 9.88 Å². The van der Waals surface area contributed by atoms with Gasteiger partial charge in [-0.05, 0) is 37.6 Å². The van der Waals surface area contributed by atoms with Crippen LogP contribution in [0.3, 0.4) is 0 Å². The highest BCUT2D eigenvalue weighted by Crippen LogP contribution is 2.36. The number of amides is 1. The monoisotopic (exact) mass is 468 g/mol. The van der Waals surface area contributed by atoms with E-state index in [1.165, 1.54) is 17.8 Å². The van der Waals surface area contributed by atoms with E-state index in [0.29, 0.717) is 18.1 Å². The van der Waals surface area contributed by atoms with Gasteiger partial charge in [0, 0.05) is 18.7 Å². The molecule has 0 saturated heterocycles. The molecule has 1 unspecified atom stereocenters. The van der Waals surface area contributed by atoms with Gasteiger partial charge in [-0.2, -0.15) is 13.2 Å². The number of nitrogens with zero attached hydrogens (tertiary/aromatic N) is 3. The quantitative estimate of drug-likeness (QED) is 0.453. The van der Waals surface area contributed by atoms with Crippen LogP contribution < -0.4 is 5.32 Å². The van der Waals surface area contributed by atoms with E-state index in [9.17, 15) is 18.0 Å². The third-order valence-electron chi connectivity index (χ3n) is 4.51. The third kappa shape index (κ3) is 5.80. The number of nitrogens with one attached hydrogen (secondary N) is 1. The lowest BCUT2D eigenvalue weighted by Gasteiger charge is -2.15. The zero-order valence-electron chi connectivity index (χ0n) is 16.8. The molecule has 1 atom stereocenters. The molecule has 31 heavy (non-hydrogen) atoms. The highest BCUT2D eigenvalue weighted by Gasteiger charge is 2.33. The van der Waals surface area contributed by atoms with E-state index in [4.69, 9.17) is 11.6 Å². The molecule has 10 heteroatoms. The molecule has 2 aromatic carbocycles. The molecule has 0 radical (unpaired) electrons. The number of hydrogen-bond donors (Lipinski definition) is 1. The van der Waals surface area contributed by atoms with Crippen LogP contribution in [-0.2, 0) is 23.9 Å². The molecule has 1 N–H and O–H groups in total. The van der Waals surface area contributed by atoms with Gasteiger partial charge in [-0.25, -0.2) is 0 Å². The summed E-state index contributed by atoms with van der Waals surface area (Å²) in [7, 11) is 0. The van der Waals surface area contributed by atoms with Crippen molar-refractivity contribution in [3.05, 3.63) is 70.5 Å². The Morgan fingerprint density at radius 3 is 2.55 bits per heavy atom. The standard InChI is InChI=1S/C21H20ClF3N4OS/c1-3-29-18(11-14-7-5-4-6-8-14)27-28-20(29)31-13(2)19(30)26-15-9-10-17(22)16(12-15)21(23,24)25/h4-10,12-13H,3,11H2,1-2H3,(H,26,30). The van der Waals surface area contributed by atoms with Gasteiger partial charge in [-0.15, -0.1) is 10.2 Å². The third-order valence-corrected chi connectivity index (χ3v) is 5.92. The van der Waals surface area contributed by atoms with Crippen molar-refractivity contribution < 1.29 is 18.0 Å². The van der Waals surface area contributed by atoms with Crippen molar-refractivity contribution in [1.82, 2.24) is 14.8 Å². The van der Waals surface area contributed by atoms with Crippen LogP contribution >= 0.6 is 23.4 Å². The first-order valence-corrected chi connectivity index (χ1v) is 10.7. The van der Waals surface area contributed by atoms with Crippen molar-refractivity contribution >= 4 is 35.0 Å². The molecule has 0 saturated carbocycles. The first-order chi connectivity index (χ1) is 14.7. The molecular weight excluding hydrogens is 449 g/mol. The van der Waals surface area contributed by atoms with Gasteiger partial charge in [-0.1, -0.05) is 53.7 Å². The number of thioether (sulfide) groups is 1. The molecule has 1 heterocycles. The summed E-state index contributed by atoms with van der Waals surface area (Å²) in [5.41, 5.74) is 0.120. The van der Waals surface area contributed by atoms with E-state index >= 15 is 0 Å². The van der Waals surface area contributed by atoms with Crippen LogP contribution in [0.15, 0.2) is 53.7 Å². The highest BCUT2D eigenvalue weighted by molar-refractivity contribution is 8.00. The van der Waals surface area contributed by atoms with Gasteiger partial charge >= 0.3 is 6.18 Å². The topological polar surface area (TPSA) is 59.8 Å². The van der Waals surface area contributed by atoms with Crippen LogP contribution in [0, 0.1) is 0 Å². The fourth-order valence-electron chi connectivity index (χ4n) is 2.91. The van der Waals surface area contributed by atoms with Crippen molar-refractivity contribution in [3.8, 4) is 0 Å². The molecule has 1 amide bonds. The van der Waals surface area contributed by atoms with Gasteiger partial charge in [0.25, 0.3) is 0 Å². The lowest BCUT2D eigenvalue weighted by Crippen LogP contribution is -2.23. The van der Waals surface area contributed by atoms with E-state index in [-0.39, 0.29) is 5.69 Å². The molecule has 0 aliphatic heterocycles. The lowest BCUT2D eigenvalue weighted by molar-refractivity contribution is -0.137. The second kappa shape index (κ2) is 9.74. The van der Waals surface area contributed by atoms with Crippen LogP contribution in [0.25, 0.3) is 0 Å². The average Bonchev–Trinajstić information content (AvgIpc) is 3.10. The summed E-state index contributed by atoms with van der Waals surface area (Å²) in [6.45, 7) is 4.24. The van der Waals surface area contributed by atoms with Crippen LogP contribution in [0.1, 0.15) is 30.8 Å². The van der Waals surface area contributed by atoms with Gasteiger partial charge in [0.15, 0.2) is 5.16 Å². The van der Waals surface area contributed by atoms with E-state index in [0.717, 1.165) is 23.5 Å². The Kier molecular flexibility index (Phi) is 7.27. The average molecular weight is 469 g/mol. The molecule has 0 aliphatic carbocycles. The van der Waals surface area contributed by atoms with Crippen LogP contribution in [0.5, 0.6) is 0 Å². The Labute approximate surface area is 187 Å². The van der Waals surface area contributed by atoms with Crippen molar-refractivity contribution in [3.63, 3.8) is 0 Å². The second-order valence-corrected chi connectivity index (χ2v) is 8.46. The van der Waals surface area contributed by atoms with E-state index in [1.807, 2.05) is 41.8 Å². The Morgan fingerprint density at radius 1 is 1.19 bits per heavy atom. The largest absolute Gasteiger partial charge is 0.417 e. The number of anilines is 1. The summed E-state index contributed by atoms with van der Waals surface area (Å²) in [6, 6.07) is 13.1. The zero-order valence-corrected chi connectivity index (χ0v) is 18.4. The Morgan fingerprint density at radius 2 is 1.90 bits per heavy atom. The maximum atomic E-state index is 13.0. The molecule has 3 rings (SSSR count). The molecule has 164 valence electrons. The Bertz CT molecular complexity index is 1060. The van der Waals surface area contributed by atoms with Crippen molar-refractivity contribution in [2.45, 2.75) is 43.4 Å². The number of carbonyl (C=O) groups is 1. The number of carbonyl (C=O) groups excluding carboxylic acids is 1. The minimum atomic E-state index is -4.61. The van der Waals surface area contributed by atoms with Crippen LogP contribution in [-0.4, -0.2) is 25.9 Å². The lowest BCUT2D eigenvalue weighted by atomic mass is 10.1. The summed E-state index contributed by atoms with van der Waals surface area (Å²) < 4.78 is 41.0. The molecule has 0 spiro atoms. The summed E-state index contributed by atoms with van der Waals surface area (Å²) in [5.74, 6) is 0.326. The first kappa shape index (κ1) is 23.1. The van der Waals surface area contributed by atoms with Crippen molar-refractivity contribution in [2.24, 2.45) is 0 Å². The van der Waals surface area contributed by atoms with E-state index in [2.05, 4.69) is 15.5 Å². The number of alkyl halides is 3. The fourth-order valence-corrected chi connectivity index (χ4v) is 4.07. The molecule has 0 fully saturated rings.